The van der Waals surface area contributed by atoms with Crippen LogP contribution >= 0.6 is 24.0 Å². The first-order chi connectivity index (χ1) is 12.2. The summed E-state index contributed by atoms with van der Waals surface area (Å²) in [4.78, 5) is 17.8. The zero-order chi connectivity index (χ0) is 17.2. The Morgan fingerprint density at radius 3 is 2.81 bits per heavy atom. The van der Waals surface area contributed by atoms with Crippen molar-refractivity contribution in [3.63, 3.8) is 0 Å². The highest BCUT2D eigenvalue weighted by atomic mass is 35.5. The van der Waals surface area contributed by atoms with Gasteiger partial charge in [0.1, 0.15) is 0 Å². The second-order valence-corrected chi connectivity index (χ2v) is 6.89. The first-order valence-electron chi connectivity index (χ1n) is 8.52. The van der Waals surface area contributed by atoms with Gasteiger partial charge in [0, 0.05) is 48.3 Å². The maximum atomic E-state index is 12.5. The number of rotatable bonds is 3. The summed E-state index contributed by atoms with van der Waals surface area (Å²) in [6.07, 6.45) is 0. The Balaban J connectivity index is 0.00000196. The van der Waals surface area contributed by atoms with E-state index in [2.05, 4.69) is 21.3 Å². The molecule has 6 heteroatoms. The SMILES string of the molecule is Cl.O=c1[nH]c2ccccc2cc1CN1CCNCC1c1cccc(Cl)c1. The Bertz CT molecular complexity index is 957. The number of benzene rings is 2. The van der Waals surface area contributed by atoms with Crippen molar-refractivity contribution in [2.45, 2.75) is 12.6 Å². The van der Waals surface area contributed by atoms with Crippen molar-refractivity contribution in [1.29, 1.82) is 0 Å². The number of piperazine rings is 1. The van der Waals surface area contributed by atoms with Crippen LogP contribution in [0.15, 0.2) is 59.4 Å². The summed E-state index contributed by atoms with van der Waals surface area (Å²) in [5.74, 6) is 0. The molecule has 4 nitrogen and oxygen atoms in total. The molecule has 1 saturated heterocycles. The molecular weight excluding hydrogens is 369 g/mol. The first-order valence-corrected chi connectivity index (χ1v) is 8.90. The molecule has 1 aliphatic rings. The lowest BCUT2D eigenvalue weighted by atomic mass is 10.0. The van der Waals surface area contributed by atoms with E-state index in [0.717, 1.165) is 41.1 Å². The van der Waals surface area contributed by atoms with Crippen molar-refractivity contribution >= 4 is 34.9 Å². The molecule has 1 aliphatic heterocycles. The van der Waals surface area contributed by atoms with Crippen LogP contribution in [0.4, 0.5) is 0 Å². The van der Waals surface area contributed by atoms with Gasteiger partial charge in [-0.1, -0.05) is 41.9 Å². The Hall–Kier alpha value is -1.85. The van der Waals surface area contributed by atoms with E-state index in [-0.39, 0.29) is 24.0 Å². The number of para-hydroxylation sites is 1. The monoisotopic (exact) mass is 389 g/mol. The maximum Gasteiger partial charge on any atom is 0.252 e. The van der Waals surface area contributed by atoms with Gasteiger partial charge in [-0.25, -0.2) is 0 Å². The van der Waals surface area contributed by atoms with E-state index in [4.69, 9.17) is 11.6 Å². The van der Waals surface area contributed by atoms with Crippen molar-refractivity contribution in [3.8, 4) is 0 Å². The van der Waals surface area contributed by atoms with Crippen LogP contribution in [0.5, 0.6) is 0 Å². The molecular formula is C20H21Cl2N3O. The second kappa shape index (κ2) is 8.23. The summed E-state index contributed by atoms with van der Waals surface area (Å²) >= 11 is 6.17. The smallest absolute Gasteiger partial charge is 0.252 e. The molecule has 26 heavy (non-hydrogen) atoms. The number of fused-ring (bicyclic) bond motifs is 1. The van der Waals surface area contributed by atoms with E-state index in [9.17, 15) is 4.79 Å². The number of hydrogen-bond acceptors (Lipinski definition) is 3. The molecule has 0 saturated carbocycles. The van der Waals surface area contributed by atoms with E-state index >= 15 is 0 Å². The van der Waals surface area contributed by atoms with E-state index in [0.29, 0.717) is 6.54 Å². The molecule has 1 fully saturated rings. The Morgan fingerprint density at radius 1 is 1.12 bits per heavy atom. The number of nitrogens with one attached hydrogen (secondary N) is 2. The van der Waals surface area contributed by atoms with Crippen LogP contribution in [0.3, 0.4) is 0 Å². The molecule has 0 bridgehead atoms. The second-order valence-electron chi connectivity index (χ2n) is 6.46. The minimum atomic E-state index is -0.0120. The lowest BCUT2D eigenvalue weighted by Gasteiger charge is -2.36. The van der Waals surface area contributed by atoms with E-state index in [1.165, 1.54) is 5.56 Å². The lowest BCUT2D eigenvalue weighted by Crippen LogP contribution is -2.46. The minimum absolute atomic E-state index is 0. The third kappa shape index (κ3) is 3.94. The number of nitrogens with zero attached hydrogens (tertiary/aromatic N) is 1. The lowest BCUT2D eigenvalue weighted by molar-refractivity contribution is 0.153. The van der Waals surface area contributed by atoms with Crippen molar-refractivity contribution in [3.05, 3.63) is 81.1 Å². The Kier molecular flexibility index (Phi) is 5.99. The maximum absolute atomic E-state index is 12.5. The fraction of sp³-hybridized carbons (Fsp3) is 0.250. The van der Waals surface area contributed by atoms with Gasteiger partial charge in [-0.05, 0) is 35.2 Å². The third-order valence-electron chi connectivity index (χ3n) is 4.79. The van der Waals surface area contributed by atoms with Gasteiger partial charge in [-0.3, -0.25) is 9.69 Å². The number of halogens is 2. The quantitative estimate of drug-likeness (QED) is 0.716. The molecule has 0 spiro atoms. The van der Waals surface area contributed by atoms with Crippen LogP contribution < -0.4 is 10.9 Å². The predicted molar refractivity (Wildman–Crippen MR) is 109 cm³/mol. The number of aromatic nitrogens is 1. The molecule has 2 aromatic carbocycles. The number of H-pyrrole nitrogens is 1. The molecule has 3 aromatic rings. The topological polar surface area (TPSA) is 48.1 Å². The van der Waals surface area contributed by atoms with Crippen molar-refractivity contribution < 1.29 is 0 Å². The summed E-state index contributed by atoms with van der Waals surface area (Å²) in [6.45, 7) is 3.29. The van der Waals surface area contributed by atoms with Crippen molar-refractivity contribution in [2.75, 3.05) is 19.6 Å². The zero-order valence-corrected chi connectivity index (χ0v) is 15.8. The highest BCUT2D eigenvalue weighted by Crippen LogP contribution is 2.26. The van der Waals surface area contributed by atoms with Crippen LogP contribution in [0.1, 0.15) is 17.2 Å². The largest absolute Gasteiger partial charge is 0.322 e. The summed E-state index contributed by atoms with van der Waals surface area (Å²) < 4.78 is 0. The van der Waals surface area contributed by atoms with Gasteiger partial charge in [0.25, 0.3) is 5.56 Å². The molecule has 1 unspecified atom stereocenters. The van der Waals surface area contributed by atoms with Crippen LogP contribution in [0.2, 0.25) is 5.02 Å². The minimum Gasteiger partial charge on any atom is -0.322 e. The molecule has 136 valence electrons. The molecule has 0 amide bonds. The first kappa shape index (κ1) is 18.9. The third-order valence-corrected chi connectivity index (χ3v) is 5.03. The number of pyridine rings is 1. The summed E-state index contributed by atoms with van der Waals surface area (Å²) in [6, 6.07) is 18.1. The Labute approximate surface area is 163 Å². The van der Waals surface area contributed by atoms with Gasteiger partial charge in [-0.2, -0.15) is 0 Å². The summed E-state index contributed by atoms with van der Waals surface area (Å²) in [5, 5.41) is 5.25. The van der Waals surface area contributed by atoms with Gasteiger partial charge in [0.05, 0.1) is 0 Å². The van der Waals surface area contributed by atoms with E-state index in [1.54, 1.807) is 0 Å². The van der Waals surface area contributed by atoms with Gasteiger partial charge in [0.15, 0.2) is 0 Å². The van der Waals surface area contributed by atoms with Crippen LogP contribution in [0, 0.1) is 0 Å². The fourth-order valence-corrected chi connectivity index (χ4v) is 3.71. The van der Waals surface area contributed by atoms with Crippen molar-refractivity contribution in [2.24, 2.45) is 0 Å². The highest BCUT2D eigenvalue weighted by Gasteiger charge is 2.24. The number of hydrogen-bond donors (Lipinski definition) is 2. The standard InChI is InChI=1S/C20H20ClN3O.ClH/c21-17-6-3-5-15(11-17)19-12-22-8-9-24(19)13-16-10-14-4-1-2-7-18(14)23-20(16)25;/h1-7,10-11,19,22H,8-9,12-13H2,(H,23,25);1H. The van der Waals surface area contributed by atoms with Crippen LogP contribution in [-0.2, 0) is 6.54 Å². The van der Waals surface area contributed by atoms with E-state index < -0.39 is 0 Å². The molecule has 4 rings (SSSR count). The van der Waals surface area contributed by atoms with Crippen LogP contribution in [-0.4, -0.2) is 29.5 Å². The molecule has 1 atom stereocenters. The fourth-order valence-electron chi connectivity index (χ4n) is 3.51. The summed E-state index contributed by atoms with van der Waals surface area (Å²) in [5.41, 5.74) is 2.84. The van der Waals surface area contributed by atoms with Gasteiger partial charge in [-0.15, -0.1) is 12.4 Å². The highest BCUT2D eigenvalue weighted by molar-refractivity contribution is 6.30. The normalized spacial score (nSPS) is 17.8. The molecule has 0 radical (unpaired) electrons. The van der Waals surface area contributed by atoms with Gasteiger partial charge in [0.2, 0.25) is 0 Å². The molecule has 2 N–H and O–H groups in total. The van der Waals surface area contributed by atoms with Crippen molar-refractivity contribution in [1.82, 2.24) is 15.2 Å². The average Bonchev–Trinajstić information content (AvgIpc) is 2.63. The molecule has 2 heterocycles. The predicted octanol–water partition coefficient (Wildman–Crippen LogP) is 3.75. The molecule has 0 aliphatic carbocycles. The summed E-state index contributed by atoms with van der Waals surface area (Å²) in [7, 11) is 0. The Morgan fingerprint density at radius 2 is 1.96 bits per heavy atom. The van der Waals surface area contributed by atoms with E-state index in [1.807, 2.05) is 48.5 Å². The zero-order valence-electron chi connectivity index (χ0n) is 14.2. The number of aromatic amines is 1. The molecule has 1 aromatic heterocycles. The average molecular weight is 390 g/mol. The van der Waals surface area contributed by atoms with Gasteiger partial charge < -0.3 is 10.3 Å². The van der Waals surface area contributed by atoms with Gasteiger partial charge >= 0.3 is 0 Å². The van der Waals surface area contributed by atoms with Crippen LogP contribution in [0.25, 0.3) is 10.9 Å².